The van der Waals surface area contributed by atoms with Gasteiger partial charge >= 0.3 is 6.09 Å². The lowest BCUT2D eigenvalue weighted by atomic mass is 10.2. The van der Waals surface area contributed by atoms with Crippen molar-refractivity contribution >= 4 is 11.8 Å². The first-order chi connectivity index (χ1) is 7.30. The number of nitrogens with zero attached hydrogens (tertiary/aromatic N) is 2. The predicted octanol–water partition coefficient (Wildman–Crippen LogP) is 1.94. The number of hydrogen-bond donors (Lipinski definition) is 0. The average Bonchev–Trinajstić information content (AvgIpc) is 2.17. The molecule has 1 amide bonds. The molecule has 1 aromatic carbocycles. The minimum Gasteiger partial charge on any atom is -0.410 e. The van der Waals surface area contributed by atoms with Crippen molar-refractivity contribution in [2.24, 2.45) is 0 Å². The number of carbonyl (C=O) groups is 1. The Bertz CT molecular complexity index is 364. The van der Waals surface area contributed by atoms with Crippen LogP contribution in [0.3, 0.4) is 0 Å². The number of amides is 1. The van der Waals surface area contributed by atoms with Crippen LogP contribution in [-0.2, 0) is 0 Å². The van der Waals surface area contributed by atoms with Gasteiger partial charge in [0.1, 0.15) is 11.4 Å². The Hall–Kier alpha value is -1.55. The molecule has 4 nitrogen and oxygen atoms in total. The Balaban J connectivity index is 2.76. The summed E-state index contributed by atoms with van der Waals surface area (Å²) in [7, 11) is 9.56. The summed E-state index contributed by atoms with van der Waals surface area (Å²) in [6.07, 6.45) is -0.363. The second kappa shape index (κ2) is 4.53. The van der Waals surface area contributed by atoms with Crippen molar-refractivity contribution in [3.05, 3.63) is 24.3 Å². The molecule has 1 rings (SSSR count). The van der Waals surface area contributed by atoms with Gasteiger partial charge in [0.05, 0.1) is 21.1 Å². The highest BCUT2D eigenvalue weighted by Crippen LogP contribution is 2.21. The molecule has 0 N–H and O–H groups in total. The minimum absolute atomic E-state index is 0.363. The van der Waals surface area contributed by atoms with E-state index in [2.05, 4.69) is 21.1 Å². The third kappa shape index (κ3) is 3.24. The predicted molar refractivity (Wildman–Crippen MR) is 65.7 cm³/mol. The van der Waals surface area contributed by atoms with Crippen molar-refractivity contribution < 1.29 is 9.53 Å². The first-order valence-electron chi connectivity index (χ1n) is 5.12. The molecule has 16 heavy (non-hydrogen) atoms. The van der Waals surface area contributed by atoms with Crippen LogP contribution < -0.4 is 9.22 Å². The number of benzene rings is 1. The normalized spacial score (nSPS) is 11.1. The highest BCUT2D eigenvalue weighted by molar-refractivity contribution is 5.70. The minimum atomic E-state index is -0.363. The summed E-state index contributed by atoms with van der Waals surface area (Å²) in [4.78, 5) is 12.7. The van der Waals surface area contributed by atoms with E-state index in [0.29, 0.717) is 5.75 Å². The Morgan fingerprint density at radius 3 is 2.00 bits per heavy atom. The highest BCUT2D eigenvalue weighted by atomic mass is 16.6. The maximum absolute atomic E-state index is 11.3. The molecule has 0 spiro atoms. The van der Waals surface area contributed by atoms with Gasteiger partial charge in [0, 0.05) is 26.2 Å². The lowest BCUT2D eigenvalue weighted by Crippen LogP contribution is -2.34. The number of hydrogen-bond acceptors (Lipinski definition) is 2. The summed E-state index contributed by atoms with van der Waals surface area (Å²) in [5.74, 6) is 0.566. The van der Waals surface area contributed by atoms with Gasteiger partial charge in [0.25, 0.3) is 0 Å². The van der Waals surface area contributed by atoms with Crippen LogP contribution in [-0.4, -0.2) is 46.2 Å². The largest absolute Gasteiger partial charge is 0.414 e. The van der Waals surface area contributed by atoms with E-state index in [1.165, 1.54) is 4.90 Å². The zero-order chi connectivity index (χ0) is 12.3. The number of quaternary nitrogens is 1. The van der Waals surface area contributed by atoms with Crippen LogP contribution in [0.4, 0.5) is 10.5 Å². The number of carbonyl (C=O) groups excluding carboxylic acids is 1. The lowest BCUT2D eigenvalue weighted by Gasteiger charge is -2.23. The zero-order valence-corrected chi connectivity index (χ0v) is 10.5. The van der Waals surface area contributed by atoms with Gasteiger partial charge in [-0.1, -0.05) is 0 Å². The van der Waals surface area contributed by atoms with Gasteiger partial charge < -0.3 is 9.64 Å². The highest BCUT2D eigenvalue weighted by Gasteiger charge is 2.12. The van der Waals surface area contributed by atoms with Gasteiger partial charge in [-0.05, 0) is 12.1 Å². The second-order valence-corrected chi connectivity index (χ2v) is 4.77. The van der Waals surface area contributed by atoms with Crippen LogP contribution in [0.1, 0.15) is 0 Å². The molecule has 0 atom stereocenters. The van der Waals surface area contributed by atoms with Crippen LogP contribution >= 0.6 is 0 Å². The summed E-state index contributed by atoms with van der Waals surface area (Å²) >= 11 is 0. The first kappa shape index (κ1) is 12.5. The maximum Gasteiger partial charge on any atom is 0.414 e. The molecule has 0 fully saturated rings. The van der Waals surface area contributed by atoms with E-state index in [0.717, 1.165) is 10.2 Å². The smallest absolute Gasteiger partial charge is 0.410 e. The van der Waals surface area contributed by atoms with Crippen molar-refractivity contribution in [2.75, 3.05) is 35.2 Å². The van der Waals surface area contributed by atoms with E-state index < -0.39 is 0 Å². The average molecular weight is 223 g/mol. The van der Waals surface area contributed by atoms with Crippen LogP contribution in [0.15, 0.2) is 24.3 Å². The van der Waals surface area contributed by atoms with Gasteiger partial charge in [-0.25, -0.2) is 4.79 Å². The van der Waals surface area contributed by atoms with Crippen molar-refractivity contribution in [1.82, 2.24) is 9.38 Å². The van der Waals surface area contributed by atoms with Crippen molar-refractivity contribution in [3.8, 4) is 5.75 Å². The molecule has 0 aliphatic heterocycles. The molecule has 0 radical (unpaired) electrons. The molecule has 0 bridgehead atoms. The van der Waals surface area contributed by atoms with Crippen LogP contribution in [0.5, 0.6) is 5.75 Å². The summed E-state index contributed by atoms with van der Waals surface area (Å²) in [5.41, 5.74) is 1.16. The van der Waals surface area contributed by atoms with Gasteiger partial charge in [-0.2, -0.15) is 0 Å². The molecule has 0 aliphatic carbocycles. The zero-order valence-electron chi connectivity index (χ0n) is 10.5. The number of rotatable bonds is 2. The molecule has 0 saturated heterocycles. The van der Waals surface area contributed by atoms with E-state index >= 15 is 0 Å². The van der Waals surface area contributed by atoms with E-state index in [1.807, 2.05) is 12.1 Å². The summed E-state index contributed by atoms with van der Waals surface area (Å²) in [6.45, 7) is 0. The first-order valence-corrected chi connectivity index (χ1v) is 5.12. The Morgan fingerprint density at radius 2 is 1.62 bits per heavy atom. The number of ether oxygens (including phenoxy) is 1. The summed E-state index contributed by atoms with van der Waals surface area (Å²) in [5, 5.41) is 0. The van der Waals surface area contributed by atoms with Gasteiger partial charge in [-0.15, -0.1) is 0 Å². The van der Waals surface area contributed by atoms with Crippen LogP contribution in [0, 0.1) is 0 Å². The van der Waals surface area contributed by atoms with Crippen molar-refractivity contribution in [1.29, 1.82) is 0 Å². The molecular weight excluding hydrogens is 204 g/mol. The molecule has 0 aliphatic rings. The van der Waals surface area contributed by atoms with Crippen molar-refractivity contribution in [3.63, 3.8) is 0 Å². The summed E-state index contributed by atoms with van der Waals surface area (Å²) in [6, 6.07) is 7.52. The fourth-order valence-electron chi connectivity index (χ4n) is 1.15. The summed E-state index contributed by atoms with van der Waals surface area (Å²) < 4.78 is 5.86. The fraction of sp³-hybridized carbons (Fsp3) is 0.417. The lowest BCUT2D eigenvalue weighted by molar-refractivity contribution is 0.172. The van der Waals surface area contributed by atoms with E-state index in [4.69, 9.17) is 4.74 Å². The van der Waals surface area contributed by atoms with E-state index in [9.17, 15) is 4.79 Å². The third-order valence-electron chi connectivity index (χ3n) is 2.18. The fourth-order valence-corrected chi connectivity index (χ4v) is 1.15. The molecule has 0 unspecified atom stereocenters. The third-order valence-corrected chi connectivity index (χ3v) is 2.18. The monoisotopic (exact) mass is 223 g/mol. The van der Waals surface area contributed by atoms with Crippen LogP contribution in [0.2, 0.25) is 0 Å². The van der Waals surface area contributed by atoms with Gasteiger partial charge in [0.15, 0.2) is 0 Å². The maximum atomic E-state index is 11.3. The van der Waals surface area contributed by atoms with E-state index in [-0.39, 0.29) is 6.09 Å². The molecule has 0 heterocycles. The quantitative estimate of drug-likeness (QED) is 0.717. The molecule has 88 valence electrons. The topological polar surface area (TPSA) is 29.5 Å². The Kier molecular flexibility index (Phi) is 3.55. The molecule has 0 saturated carbocycles. The van der Waals surface area contributed by atoms with Gasteiger partial charge in [-0.3, -0.25) is 4.48 Å². The molecule has 0 aromatic heterocycles. The van der Waals surface area contributed by atoms with Gasteiger partial charge in [0.2, 0.25) is 0 Å². The molecule has 1 aromatic rings. The van der Waals surface area contributed by atoms with Crippen LogP contribution in [0.25, 0.3) is 0 Å². The SMILES string of the molecule is CN(C)C(=O)Oc1ccc([N+](C)(C)C)cc1. The molecule has 4 heteroatoms. The molecular formula is C12H19N2O2+. The Morgan fingerprint density at radius 1 is 1.12 bits per heavy atom. The second-order valence-electron chi connectivity index (χ2n) is 4.77. The van der Waals surface area contributed by atoms with E-state index in [1.54, 1.807) is 26.2 Å². The standard InChI is InChI=1S/C12H19N2O2/c1-13(2)12(15)16-11-8-6-10(7-9-11)14(3,4)5/h6-9H,1-5H3/q+1. The Labute approximate surface area is 96.6 Å². The van der Waals surface area contributed by atoms with Crippen molar-refractivity contribution in [2.45, 2.75) is 0 Å².